The second kappa shape index (κ2) is 9.24. The molecule has 2 aliphatic rings. The molecular weight excluding hydrogens is 346 g/mol. The average molecular weight is 378 g/mol. The predicted molar refractivity (Wildman–Crippen MR) is 114 cm³/mol. The van der Waals surface area contributed by atoms with Crippen molar-refractivity contribution in [3.05, 3.63) is 66.2 Å². The number of hydrogen-bond donors (Lipinski definition) is 1. The van der Waals surface area contributed by atoms with Crippen LogP contribution in [0.3, 0.4) is 0 Å². The molecule has 28 heavy (non-hydrogen) atoms. The quantitative estimate of drug-likeness (QED) is 0.836. The van der Waals surface area contributed by atoms with Gasteiger partial charge in [-0.05, 0) is 49.4 Å². The first-order valence-corrected chi connectivity index (χ1v) is 10.6. The molecule has 1 N–H and O–H groups in total. The standard InChI is InChI=1S/C24H31N3O/c28-24(22-10-7-14-26(19-22)17-20-8-3-1-4-9-20)25-16-21-13-15-27(18-21)23-11-5-2-6-12-23/h1-6,8-9,11-12,21-22H,7,10,13-19H2,(H,25,28)/t21-,22-/m1/s1. The van der Waals surface area contributed by atoms with Gasteiger partial charge in [-0.3, -0.25) is 9.69 Å². The Morgan fingerprint density at radius 2 is 1.68 bits per heavy atom. The molecule has 2 fully saturated rings. The molecule has 0 spiro atoms. The number of anilines is 1. The van der Waals surface area contributed by atoms with Gasteiger partial charge >= 0.3 is 0 Å². The normalized spacial score (nSPS) is 22.9. The van der Waals surface area contributed by atoms with Gasteiger partial charge in [-0.25, -0.2) is 0 Å². The van der Waals surface area contributed by atoms with Crippen LogP contribution < -0.4 is 10.2 Å². The Hall–Kier alpha value is -2.33. The van der Waals surface area contributed by atoms with Crippen LogP contribution in [0.1, 0.15) is 24.8 Å². The fourth-order valence-corrected chi connectivity index (χ4v) is 4.52. The fraction of sp³-hybridized carbons (Fsp3) is 0.458. The lowest BCUT2D eigenvalue weighted by molar-refractivity contribution is -0.126. The molecule has 0 unspecified atom stereocenters. The molecule has 4 nitrogen and oxygen atoms in total. The highest BCUT2D eigenvalue weighted by Crippen LogP contribution is 2.23. The molecule has 148 valence electrons. The summed E-state index contributed by atoms with van der Waals surface area (Å²) >= 11 is 0. The first kappa shape index (κ1) is 19.0. The number of benzene rings is 2. The van der Waals surface area contributed by atoms with Gasteiger partial charge in [0, 0.05) is 38.4 Å². The number of nitrogens with one attached hydrogen (secondary N) is 1. The zero-order chi connectivity index (χ0) is 19.2. The molecule has 4 heteroatoms. The Balaban J connectivity index is 1.23. The van der Waals surface area contributed by atoms with Crippen LogP contribution in [0.15, 0.2) is 60.7 Å². The van der Waals surface area contributed by atoms with Crippen LogP contribution in [0, 0.1) is 11.8 Å². The molecule has 2 saturated heterocycles. The monoisotopic (exact) mass is 377 g/mol. The highest BCUT2D eigenvalue weighted by atomic mass is 16.1. The summed E-state index contributed by atoms with van der Waals surface area (Å²) in [5.74, 6) is 0.924. The van der Waals surface area contributed by atoms with E-state index in [1.807, 2.05) is 0 Å². The van der Waals surface area contributed by atoms with Crippen LogP contribution in [0.5, 0.6) is 0 Å². The van der Waals surface area contributed by atoms with Gasteiger partial charge in [-0.15, -0.1) is 0 Å². The van der Waals surface area contributed by atoms with Crippen molar-refractivity contribution in [2.24, 2.45) is 11.8 Å². The summed E-state index contributed by atoms with van der Waals surface area (Å²) in [6, 6.07) is 21.1. The van der Waals surface area contributed by atoms with E-state index in [0.717, 1.165) is 58.5 Å². The van der Waals surface area contributed by atoms with Gasteiger partial charge in [-0.2, -0.15) is 0 Å². The van der Waals surface area contributed by atoms with E-state index in [1.165, 1.54) is 11.3 Å². The zero-order valence-electron chi connectivity index (χ0n) is 16.6. The van der Waals surface area contributed by atoms with E-state index in [4.69, 9.17) is 0 Å². The number of rotatable bonds is 6. The Labute approximate surface area is 168 Å². The number of nitrogens with zero attached hydrogens (tertiary/aromatic N) is 2. The van der Waals surface area contributed by atoms with Gasteiger partial charge < -0.3 is 10.2 Å². The third-order valence-corrected chi connectivity index (χ3v) is 6.10. The van der Waals surface area contributed by atoms with Crippen LogP contribution in [-0.4, -0.2) is 43.5 Å². The first-order valence-electron chi connectivity index (χ1n) is 10.6. The minimum atomic E-state index is 0.129. The van der Waals surface area contributed by atoms with Crippen molar-refractivity contribution < 1.29 is 4.79 Å². The third kappa shape index (κ3) is 4.93. The summed E-state index contributed by atoms with van der Waals surface area (Å²) < 4.78 is 0. The van der Waals surface area contributed by atoms with Crippen LogP contribution in [0.4, 0.5) is 5.69 Å². The van der Waals surface area contributed by atoms with Gasteiger partial charge in [0.1, 0.15) is 0 Å². The smallest absolute Gasteiger partial charge is 0.224 e. The fourth-order valence-electron chi connectivity index (χ4n) is 4.52. The van der Waals surface area contributed by atoms with Gasteiger partial charge in [-0.1, -0.05) is 48.5 Å². The number of amides is 1. The molecule has 2 atom stereocenters. The lowest BCUT2D eigenvalue weighted by Gasteiger charge is -2.32. The van der Waals surface area contributed by atoms with Crippen molar-refractivity contribution in [1.29, 1.82) is 0 Å². The maximum absolute atomic E-state index is 12.8. The summed E-state index contributed by atoms with van der Waals surface area (Å²) in [5, 5.41) is 3.26. The van der Waals surface area contributed by atoms with Gasteiger partial charge in [0.15, 0.2) is 0 Å². The summed E-state index contributed by atoms with van der Waals surface area (Å²) in [7, 11) is 0. The van der Waals surface area contributed by atoms with E-state index >= 15 is 0 Å². The average Bonchev–Trinajstić information content (AvgIpc) is 3.23. The van der Waals surface area contributed by atoms with Gasteiger partial charge in [0.2, 0.25) is 5.91 Å². The third-order valence-electron chi connectivity index (χ3n) is 6.10. The Morgan fingerprint density at radius 3 is 2.46 bits per heavy atom. The lowest BCUT2D eigenvalue weighted by Crippen LogP contribution is -2.43. The maximum Gasteiger partial charge on any atom is 0.224 e. The number of piperidine rings is 1. The Kier molecular flexibility index (Phi) is 6.27. The van der Waals surface area contributed by atoms with E-state index < -0.39 is 0 Å². The van der Waals surface area contributed by atoms with E-state index in [1.54, 1.807) is 0 Å². The van der Waals surface area contributed by atoms with Gasteiger partial charge in [0.05, 0.1) is 5.92 Å². The molecule has 1 amide bonds. The minimum absolute atomic E-state index is 0.129. The SMILES string of the molecule is O=C(NC[C@H]1CCN(c2ccccc2)C1)[C@@H]1CCCN(Cc2ccccc2)C1. The van der Waals surface area contributed by atoms with E-state index in [2.05, 4.69) is 75.8 Å². The Bertz CT molecular complexity index is 749. The van der Waals surface area contributed by atoms with Crippen LogP contribution in [0.2, 0.25) is 0 Å². The molecule has 2 aliphatic heterocycles. The molecule has 2 heterocycles. The molecule has 0 saturated carbocycles. The zero-order valence-corrected chi connectivity index (χ0v) is 16.6. The van der Waals surface area contributed by atoms with E-state index in [0.29, 0.717) is 5.92 Å². The van der Waals surface area contributed by atoms with Crippen LogP contribution >= 0.6 is 0 Å². The van der Waals surface area contributed by atoms with Gasteiger partial charge in [0.25, 0.3) is 0 Å². The van der Waals surface area contributed by atoms with Crippen molar-refractivity contribution in [1.82, 2.24) is 10.2 Å². The molecule has 0 aromatic heterocycles. The number of hydrogen-bond acceptors (Lipinski definition) is 3. The maximum atomic E-state index is 12.8. The molecule has 2 aromatic carbocycles. The molecule has 0 bridgehead atoms. The number of para-hydroxylation sites is 1. The van der Waals surface area contributed by atoms with Crippen molar-refractivity contribution >= 4 is 11.6 Å². The summed E-state index contributed by atoms with van der Waals surface area (Å²) in [6.07, 6.45) is 3.27. The number of carbonyl (C=O) groups excluding carboxylic acids is 1. The topological polar surface area (TPSA) is 35.6 Å². The van der Waals surface area contributed by atoms with Crippen molar-refractivity contribution in [2.45, 2.75) is 25.8 Å². The second-order valence-corrected chi connectivity index (χ2v) is 8.24. The number of carbonyl (C=O) groups is 1. The highest BCUT2D eigenvalue weighted by molar-refractivity contribution is 5.79. The lowest BCUT2D eigenvalue weighted by atomic mass is 9.96. The van der Waals surface area contributed by atoms with Crippen molar-refractivity contribution in [3.63, 3.8) is 0 Å². The molecule has 4 rings (SSSR count). The van der Waals surface area contributed by atoms with E-state index in [9.17, 15) is 4.79 Å². The highest BCUT2D eigenvalue weighted by Gasteiger charge is 2.28. The second-order valence-electron chi connectivity index (χ2n) is 8.24. The molecule has 0 aliphatic carbocycles. The van der Waals surface area contributed by atoms with E-state index in [-0.39, 0.29) is 11.8 Å². The van der Waals surface area contributed by atoms with Crippen molar-refractivity contribution in [2.75, 3.05) is 37.6 Å². The summed E-state index contributed by atoms with van der Waals surface area (Å²) in [6.45, 7) is 5.83. The molecular formula is C24H31N3O. The predicted octanol–water partition coefficient (Wildman–Crippen LogP) is 3.54. The number of likely N-dealkylation sites (tertiary alicyclic amines) is 1. The first-order chi connectivity index (χ1) is 13.8. The van der Waals surface area contributed by atoms with Crippen molar-refractivity contribution in [3.8, 4) is 0 Å². The summed E-state index contributed by atoms with van der Waals surface area (Å²) in [4.78, 5) is 17.6. The van der Waals surface area contributed by atoms with Crippen LogP contribution in [0.25, 0.3) is 0 Å². The minimum Gasteiger partial charge on any atom is -0.371 e. The molecule has 0 radical (unpaired) electrons. The summed E-state index contributed by atoms with van der Waals surface area (Å²) in [5.41, 5.74) is 2.62. The van der Waals surface area contributed by atoms with Crippen LogP contribution in [-0.2, 0) is 11.3 Å². The largest absolute Gasteiger partial charge is 0.371 e. The Morgan fingerprint density at radius 1 is 0.929 bits per heavy atom. The molecule has 2 aromatic rings.